The molecule has 0 radical (unpaired) electrons. The van der Waals surface area contributed by atoms with E-state index in [-0.39, 0.29) is 19.1 Å². The predicted octanol–water partition coefficient (Wildman–Crippen LogP) is 1.49. The Kier molecular flexibility index (Phi) is 5.61. The molecule has 17 heavy (non-hydrogen) atoms. The fourth-order valence-electron chi connectivity index (χ4n) is 1.36. The van der Waals surface area contributed by atoms with Gasteiger partial charge in [-0.15, -0.1) is 0 Å². The molecule has 1 atom stereocenters. The monoisotopic (exact) mass is 301 g/mol. The van der Waals surface area contributed by atoms with E-state index in [0.29, 0.717) is 5.56 Å². The quantitative estimate of drug-likeness (QED) is 0.866. The van der Waals surface area contributed by atoms with Crippen LogP contribution in [0.25, 0.3) is 0 Å². The summed E-state index contributed by atoms with van der Waals surface area (Å²) >= 11 is 3.34. The lowest BCUT2D eigenvalue weighted by molar-refractivity contribution is 0.0609. The smallest absolute Gasteiger partial charge is 0.252 e. The summed E-state index contributed by atoms with van der Waals surface area (Å²) in [5, 5.41) is 12.1. The van der Waals surface area contributed by atoms with Gasteiger partial charge in [0.05, 0.1) is 18.3 Å². The van der Waals surface area contributed by atoms with Crippen molar-refractivity contribution in [2.75, 3.05) is 20.3 Å². The molecule has 0 heterocycles. The first kappa shape index (κ1) is 14.2. The third kappa shape index (κ3) is 4.46. The van der Waals surface area contributed by atoms with Crippen LogP contribution in [-0.2, 0) is 4.74 Å². The van der Waals surface area contributed by atoms with E-state index in [1.807, 2.05) is 19.1 Å². The van der Waals surface area contributed by atoms with Crippen LogP contribution < -0.4 is 5.32 Å². The van der Waals surface area contributed by atoms with Crippen LogP contribution in [0.1, 0.15) is 15.9 Å². The van der Waals surface area contributed by atoms with Crippen molar-refractivity contribution < 1.29 is 14.6 Å². The number of ether oxygens (including phenoxy) is 1. The first-order valence-electron chi connectivity index (χ1n) is 5.26. The van der Waals surface area contributed by atoms with Crippen LogP contribution in [0.5, 0.6) is 0 Å². The number of carbonyl (C=O) groups is 1. The molecule has 2 N–H and O–H groups in total. The maximum absolute atomic E-state index is 11.8. The van der Waals surface area contributed by atoms with E-state index < -0.39 is 6.10 Å². The Morgan fingerprint density at radius 3 is 2.88 bits per heavy atom. The van der Waals surface area contributed by atoms with Gasteiger partial charge in [0.25, 0.3) is 5.91 Å². The number of benzene rings is 1. The number of amides is 1. The first-order valence-corrected chi connectivity index (χ1v) is 6.05. The third-order valence-corrected chi connectivity index (χ3v) is 2.88. The Morgan fingerprint density at radius 2 is 2.29 bits per heavy atom. The number of hydrogen-bond donors (Lipinski definition) is 2. The van der Waals surface area contributed by atoms with E-state index in [0.717, 1.165) is 10.0 Å². The van der Waals surface area contributed by atoms with Gasteiger partial charge in [-0.2, -0.15) is 0 Å². The summed E-state index contributed by atoms with van der Waals surface area (Å²) in [4.78, 5) is 11.8. The molecular weight excluding hydrogens is 286 g/mol. The largest absolute Gasteiger partial charge is 0.389 e. The molecule has 0 aromatic heterocycles. The fourth-order valence-corrected chi connectivity index (χ4v) is 2.03. The molecule has 1 aromatic rings. The molecule has 4 nitrogen and oxygen atoms in total. The van der Waals surface area contributed by atoms with Crippen molar-refractivity contribution in [2.45, 2.75) is 13.0 Å². The van der Waals surface area contributed by atoms with E-state index in [2.05, 4.69) is 21.2 Å². The highest BCUT2D eigenvalue weighted by molar-refractivity contribution is 9.10. The lowest BCUT2D eigenvalue weighted by atomic mass is 10.1. The number of hydrogen-bond acceptors (Lipinski definition) is 3. The molecule has 0 aliphatic carbocycles. The highest BCUT2D eigenvalue weighted by Gasteiger charge is 2.11. The van der Waals surface area contributed by atoms with Crippen molar-refractivity contribution >= 4 is 21.8 Å². The van der Waals surface area contributed by atoms with Gasteiger partial charge in [0.2, 0.25) is 0 Å². The van der Waals surface area contributed by atoms with Crippen LogP contribution in [0.3, 0.4) is 0 Å². The second-order valence-electron chi connectivity index (χ2n) is 3.80. The van der Waals surface area contributed by atoms with Gasteiger partial charge >= 0.3 is 0 Å². The number of carbonyl (C=O) groups excluding carboxylic acids is 1. The molecule has 0 aliphatic heterocycles. The summed E-state index contributed by atoms with van der Waals surface area (Å²) in [6, 6.07) is 5.49. The fraction of sp³-hybridized carbons (Fsp3) is 0.417. The minimum Gasteiger partial charge on any atom is -0.389 e. The highest BCUT2D eigenvalue weighted by Crippen LogP contribution is 2.18. The zero-order chi connectivity index (χ0) is 12.8. The van der Waals surface area contributed by atoms with Crippen LogP contribution in [0.4, 0.5) is 0 Å². The molecule has 0 saturated carbocycles. The number of methoxy groups -OCH3 is 1. The van der Waals surface area contributed by atoms with Gasteiger partial charge < -0.3 is 15.2 Å². The minimum atomic E-state index is -0.687. The van der Waals surface area contributed by atoms with Gasteiger partial charge in [0.1, 0.15) is 0 Å². The highest BCUT2D eigenvalue weighted by atomic mass is 79.9. The molecule has 5 heteroatoms. The van der Waals surface area contributed by atoms with Crippen molar-refractivity contribution in [3.63, 3.8) is 0 Å². The standard InChI is InChI=1S/C12H16BrNO3/c1-8-3-4-10(11(13)5-8)12(16)14-6-9(15)7-17-2/h3-5,9,15H,6-7H2,1-2H3,(H,14,16). The van der Waals surface area contributed by atoms with E-state index in [1.165, 1.54) is 7.11 Å². The van der Waals surface area contributed by atoms with Crippen molar-refractivity contribution in [3.05, 3.63) is 33.8 Å². The second-order valence-corrected chi connectivity index (χ2v) is 4.66. The average Bonchev–Trinajstić information content (AvgIpc) is 2.26. The molecule has 1 unspecified atom stereocenters. The van der Waals surface area contributed by atoms with Crippen LogP contribution in [0.15, 0.2) is 22.7 Å². The first-order chi connectivity index (χ1) is 8.04. The number of nitrogens with one attached hydrogen (secondary N) is 1. The van der Waals surface area contributed by atoms with E-state index in [4.69, 9.17) is 4.74 Å². The van der Waals surface area contributed by atoms with Crippen molar-refractivity contribution in [1.29, 1.82) is 0 Å². The van der Waals surface area contributed by atoms with Crippen molar-refractivity contribution in [2.24, 2.45) is 0 Å². The minimum absolute atomic E-state index is 0.174. The number of aryl methyl sites for hydroxylation is 1. The second kappa shape index (κ2) is 6.74. The number of halogens is 1. The molecule has 1 aromatic carbocycles. The van der Waals surface area contributed by atoms with Gasteiger partial charge in [-0.1, -0.05) is 6.07 Å². The molecule has 1 amide bonds. The third-order valence-electron chi connectivity index (χ3n) is 2.23. The van der Waals surface area contributed by atoms with Gasteiger partial charge in [0.15, 0.2) is 0 Å². The van der Waals surface area contributed by atoms with Gasteiger partial charge in [-0.05, 0) is 40.5 Å². The molecule has 0 bridgehead atoms. The topological polar surface area (TPSA) is 58.6 Å². The maximum atomic E-state index is 11.8. The zero-order valence-corrected chi connectivity index (χ0v) is 11.5. The number of aliphatic hydroxyl groups is 1. The molecule has 0 saturated heterocycles. The van der Waals surface area contributed by atoms with E-state index >= 15 is 0 Å². The lowest BCUT2D eigenvalue weighted by Gasteiger charge is -2.11. The van der Waals surface area contributed by atoms with Gasteiger partial charge in [-0.25, -0.2) is 0 Å². The zero-order valence-electron chi connectivity index (χ0n) is 9.87. The molecule has 1 rings (SSSR count). The predicted molar refractivity (Wildman–Crippen MR) is 69.1 cm³/mol. The van der Waals surface area contributed by atoms with Crippen LogP contribution in [-0.4, -0.2) is 37.4 Å². The Labute approximate surface area is 109 Å². The Bertz CT molecular complexity index is 395. The summed E-state index contributed by atoms with van der Waals surface area (Å²) in [5.74, 6) is -0.216. The Balaban J connectivity index is 2.58. The summed E-state index contributed by atoms with van der Waals surface area (Å²) in [6.45, 7) is 2.33. The molecule has 0 fully saturated rings. The van der Waals surface area contributed by atoms with E-state index in [9.17, 15) is 9.90 Å². The SMILES string of the molecule is COCC(O)CNC(=O)c1ccc(C)cc1Br. The normalized spacial score (nSPS) is 12.2. The molecule has 0 aliphatic rings. The summed E-state index contributed by atoms with van der Waals surface area (Å²) in [5.41, 5.74) is 1.63. The van der Waals surface area contributed by atoms with E-state index in [1.54, 1.807) is 6.07 Å². The Morgan fingerprint density at radius 1 is 1.59 bits per heavy atom. The summed E-state index contributed by atoms with van der Waals surface area (Å²) < 4.78 is 5.52. The maximum Gasteiger partial charge on any atom is 0.252 e. The number of rotatable bonds is 5. The Hall–Kier alpha value is -0.910. The summed E-state index contributed by atoms with van der Waals surface area (Å²) in [7, 11) is 1.50. The number of aliphatic hydroxyl groups excluding tert-OH is 1. The summed E-state index contributed by atoms with van der Waals surface area (Å²) in [6.07, 6.45) is -0.687. The average molecular weight is 302 g/mol. The van der Waals surface area contributed by atoms with Crippen LogP contribution >= 0.6 is 15.9 Å². The van der Waals surface area contributed by atoms with Crippen LogP contribution in [0.2, 0.25) is 0 Å². The van der Waals surface area contributed by atoms with Gasteiger partial charge in [-0.3, -0.25) is 4.79 Å². The molecule has 0 spiro atoms. The lowest BCUT2D eigenvalue weighted by Crippen LogP contribution is -2.34. The molecule has 94 valence electrons. The molecular formula is C12H16BrNO3. The van der Waals surface area contributed by atoms with Gasteiger partial charge in [0, 0.05) is 18.1 Å². The van der Waals surface area contributed by atoms with Crippen molar-refractivity contribution in [1.82, 2.24) is 5.32 Å². The van der Waals surface area contributed by atoms with Crippen molar-refractivity contribution in [3.8, 4) is 0 Å². The van der Waals surface area contributed by atoms with Crippen LogP contribution in [0, 0.1) is 6.92 Å².